The van der Waals surface area contributed by atoms with Crippen molar-refractivity contribution in [3.8, 4) is 11.5 Å². The molecule has 0 atom stereocenters. The average molecular weight is 550 g/mol. The molecule has 3 aliphatic rings. The third kappa shape index (κ3) is 4.52. The number of Topliss-reactive ketones (excluding diaryl/α,β-unsaturated/α-hetero) is 2. The predicted molar refractivity (Wildman–Crippen MR) is 143 cm³/mol. The highest BCUT2D eigenvalue weighted by Gasteiger charge is 2.43. The molecular weight excluding hydrogens is 518 g/mol. The number of rotatable bonds is 6. The Bertz CT molecular complexity index is 1220. The molecule has 0 amide bonds. The molecule has 0 fully saturated rings. The summed E-state index contributed by atoms with van der Waals surface area (Å²) in [6.45, 7) is 4.61. The molecule has 2 aromatic rings. The Hall–Kier alpha value is -2.86. The molecule has 0 aromatic heterocycles. The van der Waals surface area contributed by atoms with Crippen LogP contribution < -0.4 is 9.47 Å². The number of nitrogens with zero attached hydrogens (tertiary/aromatic N) is 1. The summed E-state index contributed by atoms with van der Waals surface area (Å²) in [6, 6.07) is 14.2. The van der Waals surface area contributed by atoms with E-state index in [2.05, 4.69) is 33.0 Å². The van der Waals surface area contributed by atoms with Gasteiger partial charge in [0.15, 0.2) is 23.1 Å². The van der Waals surface area contributed by atoms with Crippen molar-refractivity contribution in [3.05, 3.63) is 80.6 Å². The number of benzene rings is 2. The summed E-state index contributed by atoms with van der Waals surface area (Å²) in [6.07, 6.45) is 4.34. The van der Waals surface area contributed by atoms with Crippen molar-refractivity contribution in [1.29, 1.82) is 0 Å². The van der Waals surface area contributed by atoms with E-state index in [4.69, 9.17) is 9.47 Å². The lowest BCUT2D eigenvalue weighted by Crippen LogP contribution is -2.38. The van der Waals surface area contributed by atoms with Crippen molar-refractivity contribution in [3.63, 3.8) is 0 Å². The molecule has 0 bridgehead atoms. The Kier molecular flexibility index (Phi) is 7.07. The first-order valence-corrected chi connectivity index (χ1v) is 13.6. The van der Waals surface area contributed by atoms with Gasteiger partial charge in [0.2, 0.25) is 0 Å². The molecule has 1 heterocycles. The zero-order valence-electron chi connectivity index (χ0n) is 21.1. The molecule has 0 saturated heterocycles. The normalized spacial score (nSPS) is 18.5. The molecule has 0 saturated carbocycles. The van der Waals surface area contributed by atoms with Crippen LogP contribution in [0.2, 0.25) is 0 Å². The highest BCUT2D eigenvalue weighted by atomic mass is 79.9. The SMILES string of the molecule is COc1cc(C2C3=C(CCCC3=O)N(Cc3ccccc3)C3=C2C(=O)CCC3)cc(Br)c1OC(C)C. The van der Waals surface area contributed by atoms with Crippen molar-refractivity contribution in [2.45, 2.75) is 70.9 Å². The summed E-state index contributed by atoms with van der Waals surface area (Å²) < 4.78 is 12.5. The van der Waals surface area contributed by atoms with E-state index < -0.39 is 0 Å². The van der Waals surface area contributed by atoms with E-state index in [0.717, 1.165) is 58.3 Å². The van der Waals surface area contributed by atoms with Gasteiger partial charge in [-0.25, -0.2) is 0 Å². The second kappa shape index (κ2) is 10.3. The maximum Gasteiger partial charge on any atom is 0.175 e. The summed E-state index contributed by atoms with van der Waals surface area (Å²) in [5, 5.41) is 0. The molecule has 5 rings (SSSR count). The first kappa shape index (κ1) is 24.8. The number of ketones is 2. The number of ether oxygens (including phenoxy) is 2. The molecule has 0 spiro atoms. The molecule has 188 valence electrons. The number of hydrogen-bond acceptors (Lipinski definition) is 5. The molecule has 0 radical (unpaired) electrons. The van der Waals surface area contributed by atoms with Gasteiger partial charge in [0, 0.05) is 47.8 Å². The number of carbonyl (C=O) groups excluding carboxylic acids is 2. The smallest absolute Gasteiger partial charge is 0.175 e. The third-order valence-corrected chi connectivity index (χ3v) is 7.80. The molecule has 0 unspecified atom stereocenters. The second-order valence-corrected chi connectivity index (χ2v) is 10.8. The van der Waals surface area contributed by atoms with Gasteiger partial charge < -0.3 is 14.4 Å². The van der Waals surface area contributed by atoms with Crippen LogP contribution in [0.15, 0.2) is 69.5 Å². The zero-order valence-corrected chi connectivity index (χ0v) is 22.7. The van der Waals surface area contributed by atoms with E-state index >= 15 is 0 Å². The summed E-state index contributed by atoms with van der Waals surface area (Å²) in [4.78, 5) is 29.4. The second-order valence-electron chi connectivity index (χ2n) is 9.98. The van der Waals surface area contributed by atoms with Crippen LogP contribution in [0.3, 0.4) is 0 Å². The van der Waals surface area contributed by atoms with Crippen LogP contribution in [-0.4, -0.2) is 29.7 Å². The van der Waals surface area contributed by atoms with E-state index in [0.29, 0.717) is 30.9 Å². The zero-order chi connectivity index (χ0) is 25.4. The van der Waals surface area contributed by atoms with Crippen LogP contribution in [0.5, 0.6) is 11.5 Å². The lowest BCUT2D eigenvalue weighted by atomic mass is 9.71. The van der Waals surface area contributed by atoms with E-state index in [1.807, 2.05) is 44.2 Å². The van der Waals surface area contributed by atoms with Crippen molar-refractivity contribution in [2.24, 2.45) is 0 Å². The fourth-order valence-corrected chi connectivity index (χ4v) is 6.32. The number of halogens is 1. The van der Waals surface area contributed by atoms with Crippen LogP contribution in [0.1, 0.15) is 69.4 Å². The maximum atomic E-state index is 13.6. The Morgan fingerprint density at radius 2 is 1.56 bits per heavy atom. The number of methoxy groups -OCH3 is 1. The van der Waals surface area contributed by atoms with Crippen LogP contribution in [0, 0.1) is 0 Å². The van der Waals surface area contributed by atoms with Gasteiger partial charge in [-0.2, -0.15) is 0 Å². The standard InChI is InChI=1S/C30H32BrNO4/c1-18(2)36-30-21(31)15-20(16-26(30)35-3)27-28-22(11-7-13-24(28)33)32(17-19-9-5-4-6-10-19)23-12-8-14-25(34)29(23)27/h4-6,9-10,15-16,18,27H,7-8,11-14,17H2,1-3H3. The largest absolute Gasteiger partial charge is 0.493 e. The van der Waals surface area contributed by atoms with Gasteiger partial charge in [0.25, 0.3) is 0 Å². The summed E-state index contributed by atoms with van der Waals surface area (Å²) in [7, 11) is 1.62. The highest BCUT2D eigenvalue weighted by Crippen LogP contribution is 2.51. The number of carbonyl (C=O) groups is 2. The Morgan fingerprint density at radius 3 is 2.11 bits per heavy atom. The van der Waals surface area contributed by atoms with E-state index in [9.17, 15) is 9.59 Å². The van der Waals surface area contributed by atoms with Gasteiger partial charge in [-0.05, 0) is 78.7 Å². The van der Waals surface area contributed by atoms with Crippen molar-refractivity contribution in [2.75, 3.05) is 7.11 Å². The minimum absolute atomic E-state index is 0.0225. The number of allylic oxidation sites excluding steroid dienone is 4. The van der Waals surface area contributed by atoms with Crippen LogP contribution >= 0.6 is 15.9 Å². The molecule has 1 aliphatic heterocycles. The quantitative estimate of drug-likeness (QED) is 0.394. The van der Waals surface area contributed by atoms with Gasteiger partial charge in [-0.15, -0.1) is 0 Å². The van der Waals surface area contributed by atoms with Gasteiger partial charge >= 0.3 is 0 Å². The lowest BCUT2D eigenvalue weighted by Gasteiger charge is -2.44. The van der Waals surface area contributed by atoms with E-state index in [1.54, 1.807) is 7.11 Å². The summed E-state index contributed by atoms with van der Waals surface area (Å²) in [5.74, 6) is 1.12. The molecule has 0 N–H and O–H groups in total. The van der Waals surface area contributed by atoms with Crippen molar-refractivity contribution in [1.82, 2.24) is 4.90 Å². The fourth-order valence-electron chi connectivity index (χ4n) is 5.76. The first-order chi connectivity index (χ1) is 17.4. The van der Waals surface area contributed by atoms with Gasteiger partial charge in [0.1, 0.15) is 0 Å². The molecule has 2 aliphatic carbocycles. The Morgan fingerprint density at radius 1 is 0.944 bits per heavy atom. The third-order valence-electron chi connectivity index (χ3n) is 7.21. The molecule has 2 aromatic carbocycles. The summed E-state index contributed by atoms with van der Waals surface area (Å²) in [5.41, 5.74) is 5.76. The average Bonchev–Trinajstić information content (AvgIpc) is 2.86. The highest BCUT2D eigenvalue weighted by molar-refractivity contribution is 9.10. The topological polar surface area (TPSA) is 55.8 Å². The molecular formula is C30H32BrNO4. The Balaban J connectivity index is 1.70. The Labute approximate surface area is 221 Å². The minimum atomic E-state index is -0.388. The van der Waals surface area contributed by atoms with Gasteiger partial charge in [-0.3, -0.25) is 9.59 Å². The monoisotopic (exact) mass is 549 g/mol. The number of hydrogen-bond donors (Lipinski definition) is 0. The summed E-state index contributed by atoms with van der Waals surface area (Å²) >= 11 is 3.68. The first-order valence-electron chi connectivity index (χ1n) is 12.8. The van der Waals surface area contributed by atoms with Crippen LogP contribution in [0.4, 0.5) is 0 Å². The van der Waals surface area contributed by atoms with Crippen LogP contribution in [-0.2, 0) is 16.1 Å². The molecule has 5 nitrogen and oxygen atoms in total. The predicted octanol–water partition coefficient (Wildman–Crippen LogP) is 6.86. The molecule has 6 heteroatoms. The van der Waals surface area contributed by atoms with Crippen LogP contribution in [0.25, 0.3) is 0 Å². The van der Waals surface area contributed by atoms with E-state index in [-0.39, 0.29) is 23.6 Å². The van der Waals surface area contributed by atoms with E-state index in [1.165, 1.54) is 5.56 Å². The van der Waals surface area contributed by atoms with Gasteiger partial charge in [0.05, 0.1) is 17.7 Å². The van der Waals surface area contributed by atoms with Crippen molar-refractivity contribution < 1.29 is 19.1 Å². The lowest BCUT2D eigenvalue weighted by molar-refractivity contribution is -0.117. The minimum Gasteiger partial charge on any atom is -0.493 e. The molecule has 36 heavy (non-hydrogen) atoms. The van der Waals surface area contributed by atoms with Crippen molar-refractivity contribution >= 4 is 27.5 Å². The fraction of sp³-hybridized carbons (Fsp3) is 0.400. The maximum absolute atomic E-state index is 13.6. The van der Waals surface area contributed by atoms with Gasteiger partial charge in [-0.1, -0.05) is 30.3 Å².